The van der Waals surface area contributed by atoms with Crippen LogP contribution in [0.2, 0.25) is 0 Å². The van der Waals surface area contributed by atoms with Crippen LogP contribution in [0.5, 0.6) is 0 Å². The van der Waals surface area contributed by atoms with Crippen molar-refractivity contribution in [2.24, 2.45) is 0 Å². The predicted molar refractivity (Wildman–Crippen MR) is 85.4 cm³/mol. The molecule has 2 saturated heterocycles. The van der Waals surface area contributed by atoms with Crippen LogP contribution in [0.1, 0.15) is 29.8 Å². The van der Waals surface area contributed by atoms with Gasteiger partial charge in [-0.1, -0.05) is 0 Å². The number of amides is 4. The van der Waals surface area contributed by atoms with Gasteiger partial charge in [0.25, 0.3) is 5.91 Å². The maximum Gasteiger partial charge on any atom is 0.317 e. The lowest BCUT2D eigenvalue weighted by atomic mass is 9.87. The van der Waals surface area contributed by atoms with E-state index < -0.39 is 5.54 Å². The minimum atomic E-state index is -0.611. The lowest BCUT2D eigenvalue weighted by molar-refractivity contribution is -0.125. The summed E-state index contributed by atoms with van der Waals surface area (Å²) in [5.41, 5.74) is -0.611. The number of carbonyl (C=O) groups is 3. The van der Waals surface area contributed by atoms with Gasteiger partial charge in [0.1, 0.15) is 0 Å². The average Bonchev–Trinajstić information content (AvgIpc) is 3.04. The molecule has 1 spiro atoms. The van der Waals surface area contributed by atoms with Gasteiger partial charge in [0.2, 0.25) is 5.91 Å². The Hall–Kier alpha value is -2.51. The number of hydrogen-bond donors (Lipinski definition) is 2. The van der Waals surface area contributed by atoms with Crippen molar-refractivity contribution in [2.45, 2.75) is 24.8 Å². The summed E-state index contributed by atoms with van der Waals surface area (Å²) in [4.78, 5) is 40.0. The van der Waals surface area contributed by atoms with Gasteiger partial charge in [-0.3, -0.25) is 9.59 Å². The fourth-order valence-electron chi connectivity index (χ4n) is 3.49. The Labute approximate surface area is 140 Å². The van der Waals surface area contributed by atoms with Crippen LogP contribution in [-0.2, 0) is 4.79 Å². The molecular formula is C16H22N4O4. The van der Waals surface area contributed by atoms with E-state index in [0.717, 1.165) is 12.8 Å². The molecule has 1 atom stereocenters. The van der Waals surface area contributed by atoms with Gasteiger partial charge in [-0.25, -0.2) is 4.79 Å². The molecule has 2 fully saturated rings. The van der Waals surface area contributed by atoms with E-state index in [1.807, 2.05) is 0 Å². The Morgan fingerprint density at radius 3 is 2.71 bits per heavy atom. The quantitative estimate of drug-likeness (QED) is 0.778. The van der Waals surface area contributed by atoms with Crippen molar-refractivity contribution in [3.8, 4) is 0 Å². The molecule has 2 aliphatic rings. The van der Waals surface area contributed by atoms with Crippen molar-refractivity contribution in [1.82, 2.24) is 20.4 Å². The molecule has 2 N–H and O–H groups in total. The summed E-state index contributed by atoms with van der Waals surface area (Å²) in [5.74, 6) is 0.00374. The van der Waals surface area contributed by atoms with Crippen LogP contribution in [-0.4, -0.2) is 66.4 Å². The van der Waals surface area contributed by atoms with Crippen LogP contribution in [0.3, 0.4) is 0 Å². The second-order valence-electron chi connectivity index (χ2n) is 6.36. The molecule has 1 unspecified atom stereocenters. The molecule has 8 heteroatoms. The van der Waals surface area contributed by atoms with Crippen molar-refractivity contribution in [3.05, 3.63) is 24.2 Å². The van der Waals surface area contributed by atoms with Gasteiger partial charge in [-0.05, 0) is 25.0 Å². The number of hydrogen-bond acceptors (Lipinski definition) is 4. The van der Waals surface area contributed by atoms with Gasteiger partial charge in [-0.2, -0.15) is 0 Å². The van der Waals surface area contributed by atoms with E-state index in [1.54, 1.807) is 29.0 Å². The predicted octanol–water partition coefficient (Wildman–Crippen LogP) is 0.416. The Kier molecular flexibility index (Phi) is 4.46. The third-order valence-corrected chi connectivity index (χ3v) is 4.61. The van der Waals surface area contributed by atoms with Crippen molar-refractivity contribution < 1.29 is 18.8 Å². The first-order chi connectivity index (χ1) is 11.5. The van der Waals surface area contributed by atoms with Crippen molar-refractivity contribution in [1.29, 1.82) is 0 Å². The van der Waals surface area contributed by atoms with E-state index in [1.165, 1.54) is 6.26 Å². The van der Waals surface area contributed by atoms with E-state index in [-0.39, 0.29) is 23.6 Å². The third-order valence-electron chi connectivity index (χ3n) is 4.61. The highest BCUT2D eigenvalue weighted by atomic mass is 16.3. The molecule has 0 bridgehead atoms. The van der Waals surface area contributed by atoms with E-state index >= 15 is 0 Å². The highest BCUT2D eigenvalue weighted by Gasteiger charge is 2.42. The highest BCUT2D eigenvalue weighted by Crippen LogP contribution is 2.26. The SMILES string of the molecule is CNC(=O)N1CCN(C(=O)c2ccco2)CC2(CCCC(=O)N2)C1. The number of carbonyl (C=O) groups excluding carboxylic acids is 3. The van der Waals surface area contributed by atoms with Gasteiger partial charge < -0.3 is 24.9 Å². The van der Waals surface area contributed by atoms with Crippen LogP contribution in [0.25, 0.3) is 0 Å². The summed E-state index contributed by atoms with van der Waals surface area (Å²) in [7, 11) is 1.57. The summed E-state index contributed by atoms with van der Waals surface area (Å²) in [5, 5.41) is 5.65. The second-order valence-corrected chi connectivity index (χ2v) is 6.36. The van der Waals surface area contributed by atoms with Crippen molar-refractivity contribution in [3.63, 3.8) is 0 Å². The average molecular weight is 334 g/mol. The number of furan rings is 1. The summed E-state index contributed by atoms with van der Waals surface area (Å²) >= 11 is 0. The third kappa shape index (κ3) is 3.22. The number of piperidine rings is 1. The molecule has 1 aromatic rings. The Morgan fingerprint density at radius 1 is 1.29 bits per heavy atom. The number of nitrogens with zero attached hydrogens (tertiary/aromatic N) is 2. The zero-order valence-corrected chi connectivity index (χ0v) is 13.7. The largest absolute Gasteiger partial charge is 0.459 e. The molecule has 130 valence electrons. The molecule has 4 amide bonds. The van der Waals surface area contributed by atoms with Gasteiger partial charge in [0.15, 0.2) is 5.76 Å². The first-order valence-electron chi connectivity index (χ1n) is 8.13. The molecule has 1 aromatic heterocycles. The first kappa shape index (κ1) is 16.4. The van der Waals surface area contributed by atoms with E-state index in [4.69, 9.17) is 4.42 Å². The van der Waals surface area contributed by atoms with Crippen molar-refractivity contribution >= 4 is 17.8 Å². The maximum absolute atomic E-state index is 12.7. The minimum absolute atomic E-state index is 0.0367. The lowest BCUT2D eigenvalue weighted by Crippen LogP contribution is -2.62. The number of rotatable bonds is 1. The molecule has 0 aliphatic carbocycles. The second kappa shape index (κ2) is 6.54. The molecular weight excluding hydrogens is 312 g/mol. The summed E-state index contributed by atoms with van der Waals surface area (Å²) in [6.45, 7) is 1.56. The summed E-state index contributed by atoms with van der Waals surface area (Å²) in [6.07, 6.45) is 3.41. The van der Waals surface area contributed by atoms with Crippen LogP contribution >= 0.6 is 0 Å². The Balaban J connectivity index is 1.86. The first-order valence-corrected chi connectivity index (χ1v) is 8.13. The molecule has 0 saturated carbocycles. The number of nitrogens with one attached hydrogen (secondary N) is 2. The molecule has 24 heavy (non-hydrogen) atoms. The Bertz CT molecular complexity index is 630. The lowest BCUT2D eigenvalue weighted by Gasteiger charge is -2.40. The molecule has 0 radical (unpaired) electrons. The van der Waals surface area contributed by atoms with Crippen LogP contribution in [0, 0.1) is 0 Å². The van der Waals surface area contributed by atoms with E-state index in [0.29, 0.717) is 32.6 Å². The van der Waals surface area contributed by atoms with Gasteiger partial charge in [0, 0.05) is 39.6 Å². The topological polar surface area (TPSA) is 94.9 Å². The fraction of sp³-hybridized carbons (Fsp3) is 0.562. The molecule has 0 aromatic carbocycles. The van der Waals surface area contributed by atoms with Gasteiger partial charge in [-0.15, -0.1) is 0 Å². The molecule has 8 nitrogen and oxygen atoms in total. The zero-order valence-electron chi connectivity index (χ0n) is 13.7. The normalized spacial score (nSPS) is 24.5. The van der Waals surface area contributed by atoms with Gasteiger partial charge in [0.05, 0.1) is 11.8 Å². The Morgan fingerprint density at radius 2 is 2.04 bits per heavy atom. The zero-order chi connectivity index (χ0) is 17.2. The van der Waals surface area contributed by atoms with Crippen LogP contribution in [0.4, 0.5) is 4.79 Å². The minimum Gasteiger partial charge on any atom is -0.459 e. The molecule has 2 aliphatic heterocycles. The fourth-order valence-corrected chi connectivity index (χ4v) is 3.49. The van der Waals surface area contributed by atoms with E-state index in [2.05, 4.69) is 10.6 Å². The smallest absolute Gasteiger partial charge is 0.317 e. The monoisotopic (exact) mass is 334 g/mol. The maximum atomic E-state index is 12.7. The standard InChI is InChI=1S/C16H22N4O4/c1-17-15(23)20-8-7-19(14(22)12-4-3-9-24-12)10-16(11-20)6-2-5-13(21)18-16/h3-4,9H,2,5-8,10-11H2,1H3,(H,17,23)(H,18,21). The van der Waals surface area contributed by atoms with Crippen LogP contribution < -0.4 is 10.6 Å². The van der Waals surface area contributed by atoms with Crippen molar-refractivity contribution in [2.75, 3.05) is 33.2 Å². The summed E-state index contributed by atoms with van der Waals surface area (Å²) in [6, 6.07) is 3.08. The van der Waals surface area contributed by atoms with Gasteiger partial charge >= 0.3 is 6.03 Å². The highest BCUT2D eigenvalue weighted by molar-refractivity contribution is 5.91. The number of urea groups is 1. The molecule has 3 rings (SSSR count). The van der Waals surface area contributed by atoms with E-state index in [9.17, 15) is 14.4 Å². The molecule has 3 heterocycles. The summed E-state index contributed by atoms with van der Waals surface area (Å²) < 4.78 is 5.21. The van der Waals surface area contributed by atoms with Crippen LogP contribution in [0.15, 0.2) is 22.8 Å².